The van der Waals surface area contributed by atoms with Crippen molar-refractivity contribution in [2.75, 3.05) is 20.1 Å². The Balaban J connectivity index is 1.36. The molecule has 6 nitrogen and oxygen atoms in total. The summed E-state index contributed by atoms with van der Waals surface area (Å²) in [6.07, 6.45) is 8.65. The quantitative estimate of drug-likeness (QED) is 0.805. The van der Waals surface area contributed by atoms with Gasteiger partial charge in [0.15, 0.2) is 5.82 Å². The summed E-state index contributed by atoms with van der Waals surface area (Å²) >= 11 is 0. The minimum Gasteiger partial charge on any atom is -0.339 e. The van der Waals surface area contributed by atoms with Crippen LogP contribution in [0.4, 0.5) is 0 Å². The average molecular weight is 341 g/mol. The number of likely N-dealkylation sites (tertiary alicyclic amines) is 1. The van der Waals surface area contributed by atoms with Gasteiger partial charge in [-0.2, -0.15) is 4.98 Å². The normalized spacial score (nSPS) is 23.1. The molecule has 2 aromatic heterocycles. The number of hydrogen-bond donors (Lipinski definition) is 0. The topological polar surface area (TPSA) is 58.3 Å². The Kier molecular flexibility index (Phi) is 4.81. The molecule has 134 valence electrons. The molecule has 0 radical (unpaired) electrons. The number of rotatable bonds is 6. The first-order chi connectivity index (χ1) is 12.2. The van der Waals surface area contributed by atoms with Gasteiger partial charge in [-0.25, -0.2) is 0 Å². The maximum atomic E-state index is 5.40. The lowest BCUT2D eigenvalue weighted by atomic mass is 10.0. The van der Waals surface area contributed by atoms with E-state index in [1.807, 2.05) is 18.5 Å². The maximum absolute atomic E-state index is 5.40. The van der Waals surface area contributed by atoms with E-state index in [0.29, 0.717) is 18.0 Å². The van der Waals surface area contributed by atoms with Crippen LogP contribution in [-0.4, -0.2) is 51.1 Å². The Labute approximate surface area is 149 Å². The third-order valence-electron chi connectivity index (χ3n) is 5.61. The van der Waals surface area contributed by atoms with Crippen molar-refractivity contribution < 1.29 is 4.52 Å². The van der Waals surface area contributed by atoms with Crippen molar-refractivity contribution >= 4 is 0 Å². The van der Waals surface area contributed by atoms with Gasteiger partial charge >= 0.3 is 0 Å². The number of piperidine rings is 1. The summed E-state index contributed by atoms with van der Waals surface area (Å²) in [4.78, 5) is 13.8. The van der Waals surface area contributed by atoms with Gasteiger partial charge in [-0.05, 0) is 57.8 Å². The van der Waals surface area contributed by atoms with Gasteiger partial charge in [-0.1, -0.05) is 11.2 Å². The molecule has 2 atom stereocenters. The molecule has 25 heavy (non-hydrogen) atoms. The number of nitrogens with zero attached hydrogens (tertiary/aromatic N) is 5. The molecule has 3 heterocycles. The Morgan fingerprint density at radius 1 is 1.36 bits per heavy atom. The Morgan fingerprint density at radius 2 is 2.24 bits per heavy atom. The van der Waals surface area contributed by atoms with Crippen LogP contribution in [-0.2, 0) is 6.54 Å². The van der Waals surface area contributed by atoms with Crippen molar-refractivity contribution in [3.8, 4) is 0 Å². The molecule has 0 unspecified atom stereocenters. The number of hydrogen-bond acceptors (Lipinski definition) is 6. The zero-order valence-corrected chi connectivity index (χ0v) is 15.1. The summed E-state index contributed by atoms with van der Waals surface area (Å²) in [5.41, 5.74) is 1.27. The summed E-state index contributed by atoms with van der Waals surface area (Å²) < 4.78 is 5.40. The zero-order valence-electron chi connectivity index (χ0n) is 15.1. The van der Waals surface area contributed by atoms with E-state index in [1.165, 1.54) is 31.2 Å². The van der Waals surface area contributed by atoms with E-state index in [2.05, 4.69) is 45.0 Å². The fourth-order valence-corrected chi connectivity index (χ4v) is 3.71. The number of pyridine rings is 1. The van der Waals surface area contributed by atoms with Crippen molar-refractivity contribution in [3.63, 3.8) is 0 Å². The van der Waals surface area contributed by atoms with Gasteiger partial charge in [0.1, 0.15) is 0 Å². The van der Waals surface area contributed by atoms with Crippen LogP contribution in [0.15, 0.2) is 29.0 Å². The molecule has 1 saturated heterocycles. The van der Waals surface area contributed by atoms with Crippen LogP contribution in [0.5, 0.6) is 0 Å². The van der Waals surface area contributed by atoms with E-state index in [9.17, 15) is 0 Å². The van der Waals surface area contributed by atoms with Crippen molar-refractivity contribution in [2.24, 2.45) is 0 Å². The molecule has 2 aromatic rings. The average Bonchev–Trinajstić information content (AvgIpc) is 3.41. The van der Waals surface area contributed by atoms with E-state index >= 15 is 0 Å². The lowest BCUT2D eigenvalue weighted by Gasteiger charge is -2.40. The lowest BCUT2D eigenvalue weighted by Crippen LogP contribution is -2.46. The third kappa shape index (κ3) is 3.90. The maximum Gasteiger partial charge on any atom is 0.229 e. The third-order valence-corrected chi connectivity index (χ3v) is 5.61. The first-order valence-electron chi connectivity index (χ1n) is 9.37. The molecule has 2 aliphatic rings. The monoisotopic (exact) mass is 341 g/mol. The molecule has 0 bridgehead atoms. The minimum atomic E-state index is 0.366. The highest BCUT2D eigenvalue weighted by Crippen LogP contribution is 2.38. The van der Waals surface area contributed by atoms with Gasteiger partial charge in [-0.15, -0.1) is 0 Å². The summed E-state index contributed by atoms with van der Waals surface area (Å²) in [7, 11) is 2.23. The molecule has 0 aromatic carbocycles. The van der Waals surface area contributed by atoms with Gasteiger partial charge in [0.05, 0.1) is 6.54 Å². The molecule has 0 spiro atoms. The molecule has 1 saturated carbocycles. The fraction of sp³-hybridized carbons (Fsp3) is 0.632. The molecule has 2 fully saturated rings. The van der Waals surface area contributed by atoms with Crippen LogP contribution < -0.4 is 0 Å². The van der Waals surface area contributed by atoms with Crippen molar-refractivity contribution in [1.82, 2.24) is 24.9 Å². The SMILES string of the molecule is C[C@@H](c1cccnc1)N(C)[C@@H]1CCCN(Cc2noc(C3CC3)n2)C1. The van der Waals surface area contributed by atoms with E-state index < -0.39 is 0 Å². The second kappa shape index (κ2) is 7.22. The zero-order chi connectivity index (χ0) is 17.2. The molecular formula is C19H27N5O. The van der Waals surface area contributed by atoms with E-state index in [1.54, 1.807) is 0 Å². The number of aromatic nitrogens is 3. The summed E-state index contributed by atoms with van der Waals surface area (Å²) in [5.74, 6) is 2.21. The van der Waals surface area contributed by atoms with Crippen molar-refractivity contribution in [1.29, 1.82) is 0 Å². The molecule has 6 heteroatoms. The fourth-order valence-electron chi connectivity index (χ4n) is 3.71. The Hall–Kier alpha value is -1.79. The van der Waals surface area contributed by atoms with Gasteiger partial charge in [0.2, 0.25) is 5.89 Å². The second-order valence-corrected chi connectivity index (χ2v) is 7.48. The van der Waals surface area contributed by atoms with Crippen LogP contribution in [0, 0.1) is 0 Å². The predicted molar refractivity (Wildman–Crippen MR) is 95.0 cm³/mol. The predicted octanol–water partition coefficient (Wildman–Crippen LogP) is 3.00. The van der Waals surface area contributed by atoms with Crippen molar-refractivity contribution in [3.05, 3.63) is 41.8 Å². The van der Waals surface area contributed by atoms with Gasteiger partial charge in [0.25, 0.3) is 0 Å². The standard InChI is InChI=1S/C19H27N5O/c1-14(16-5-3-9-20-11-16)23(2)17-6-4-10-24(12-17)13-18-21-19(25-22-18)15-7-8-15/h3,5,9,11,14-15,17H,4,6-8,10,12-13H2,1-2H3/t14-,17+/m0/s1. The highest BCUT2D eigenvalue weighted by molar-refractivity contribution is 5.13. The van der Waals surface area contributed by atoms with Crippen LogP contribution in [0.3, 0.4) is 0 Å². The molecule has 4 rings (SSSR count). The van der Waals surface area contributed by atoms with Crippen LogP contribution >= 0.6 is 0 Å². The molecule has 0 N–H and O–H groups in total. The second-order valence-electron chi connectivity index (χ2n) is 7.48. The van der Waals surface area contributed by atoms with Gasteiger partial charge < -0.3 is 4.52 Å². The van der Waals surface area contributed by atoms with E-state index in [0.717, 1.165) is 31.3 Å². The lowest BCUT2D eigenvalue weighted by molar-refractivity contribution is 0.0852. The van der Waals surface area contributed by atoms with Crippen molar-refractivity contribution in [2.45, 2.75) is 57.2 Å². The first kappa shape index (κ1) is 16.7. The summed E-state index contributed by atoms with van der Waals surface area (Å²) in [6, 6.07) is 5.08. The van der Waals surface area contributed by atoms with Crippen LogP contribution in [0.1, 0.15) is 61.8 Å². The molecule has 1 aliphatic heterocycles. The largest absolute Gasteiger partial charge is 0.339 e. The van der Waals surface area contributed by atoms with Crippen LogP contribution in [0.2, 0.25) is 0 Å². The van der Waals surface area contributed by atoms with E-state index in [-0.39, 0.29) is 0 Å². The molecule has 1 aliphatic carbocycles. The molecular weight excluding hydrogens is 314 g/mol. The first-order valence-corrected chi connectivity index (χ1v) is 9.37. The van der Waals surface area contributed by atoms with Crippen LogP contribution in [0.25, 0.3) is 0 Å². The smallest absolute Gasteiger partial charge is 0.229 e. The van der Waals surface area contributed by atoms with E-state index in [4.69, 9.17) is 4.52 Å². The number of likely N-dealkylation sites (N-methyl/N-ethyl adjacent to an activating group) is 1. The van der Waals surface area contributed by atoms with Gasteiger partial charge in [0, 0.05) is 36.9 Å². The summed E-state index contributed by atoms with van der Waals surface area (Å²) in [6.45, 7) is 5.21. The highest BCUT2D eigenvalue weighted by Gasteiger charge is 2.31. The van der Waals surface area contributed by atoms with Gasteiger partial charge in [-0.3, -0.25) is 14.8 Å². The summed E-state index contributed by atoms with van der Waals surface area (Å²) in [5, 5.41) is 4.17. The Bertz CT molecular complexity index is 684. The minimum absolute atomic E-state index is 0.366. The Morgan fingerprint density at radius 3 is 3.00 bits per heavy atom. The highest BCUT2D eigenvalue weighted by atomic mass is 16.5. The molecule has 0 amide bonds.